The average molecular weight is 465 g/mol. The summed E-state index contributed by atoms with van der Waals surface area (Å²) in [5.41, 5.74) is 2.93. The molecule has 0 unspecified atom stereocenters. The van der Waals surface area contributed by atoms with Crippen LogP contribution in [0.25, 0.3) is 0 Å². The van der Waals surface area contributed by atoms with Crippen molar-refractivity contribution in [2.45, 2.75) is 59.7 Å². The van der Waals surface area contributed by atoms with Gasteiger partial charge < -0.3 is 15.0 Å². The Morgan fingerprint density at radius 1 is 1.06 bits per heavy atom. The molecule has 0 aliphatic carbocycles. The number of hydrogen-bond acceptors (Lipinski definition) is 3. The van der Waals surface area contributed by atoms with Gasteiger partial charge in [0, 0.05) is 22.6 Å². The van der Waals surface area contributed by atoms with Gasteiger partial charge in [0.1, 0.15) is 11.8 Å². The summed E-state index contributed by atoms with van der Waals surface area (Å²) in [5.74, 6) is 0.0765. The summed E-state index contributed by atoms with van der Waals surface area (Å²) < 4.78 is 5.73. The number of carbonyl (C=O) groups excluding carboxylic acids is 2. The molecule has 0 aliphatic heterocycles. The quantitative estimate of drug-likeness (QED) is 0.545. The van der Waals surface area contributed by atoms with Crippen LogP contribution in [0.2, 0.25) is 10.0 Å². The van der Waals surface area contributed by atoms with E-state index in [1.807, 2.05) is 45.9 Å². The first-order valence-corrected chi connectivity index (χ1v) is 11.1. The molecular weight excluding hydrogens is 435 g/mol. The number of amides is 2. The molecule has 2 atom stereocenters. The Hall–Kier alpha value is -2.24. The number of nitrogens with zero attached hydrogens (tertiary/aromatic N) is 1. The third kappa shape index (κ3) is 7.15. The molecule has 2 aromatic rings. The van der Waals surface area contributed by atoms with E-state index >= 15 is 0 Å². The number of aryl methyl sites for hydroxylation is 2. The van der Waals surface area contributed by atoms with Gasteiger partial charge in [0.15, 0.2) is 6.61 Å². The van der Waals surface area contributed by atoms with Gasteiger partial charge in [0.2, 0.25) is 5.91 Å². The first kappa shape index (κ1) is 25.0. The van der Waals surface area contributed by atoms with Gasteiger partial charge in [-0.2, -0.15) is 0 Å². The number of halogens is 2. The van der Waals surface area contributed by atoms with Crippen molar-refractivity contribution in [3.8, 4) is 5.75 Å². The first-order chi connectivity index (χ1) is 14.6. The smallest absolute Gasteiger partial charge is 0.261 e. The van der Waals surface area contributed by atoms with Crippen molar-refractivity contribution in [3.05, 3.63) is 63.1 Å². The third-order valence-electron chi connectivity index (χ3n) is 5.36. The molecule has 31 heavy (non-hydrogen) atoms. The van der Waals surface area contributed by atoms with Crippen LogP contribution in [0.5, 0.6) is 5.75 Å². The van der Waals surface area contributed by atoms with Crippen LogP contribution in [0, 0.1) is 13.8 Å². The van der Waals surface area contributed by atoms with Crippen LogP contribution in [0.4, 0.5) is 0 Å². The zero-order chi connectivity index (χ0) is 23.1. The molecular formula is C24H30Cl2N2O3. The molecule has 0 heterocycles. The average Bonchev–Trinajstić information content (AvgIpc) is 2.73. The molecule has 0 saturated carbocycles. The largest absolute Gasteiger partial charge is 0.484 e. The lowest BCUT2D eigenvalue weighted by Crippen LogP contribution is -2.50. The van der Waals surface area contributed by atoms with E-state index in [9.17, 15) is 9.59 Å². The van der Waals surface area contributed by atoms with E-state index in [1.54, 1.807) is 25.1 Å². The molecule has 0 bridgehead atoms. The Bertz CT molecular complexity index is 933. The second-order valence-electron chi connectivity index (χ2n) is 7.79. The second-order valence-corrected chi connectivity index (χ2v) is 8.63. The molecule has 0 spiro atoms. The van der Waals surface area contributed by atoms with Gasteiger partial charge in [-0.3, -0.25) is 9.59 Å². The topological polar surface area (TPSA) is 58.6 Å². The predicted molar refractivity (Wildman–Crippen MR) is 126 cm³/mol. The number of ether oxygens (including phenoxy) is 1. The van der Waals surface area contributed by atoms with Gasteiger partial charge in [0.05, 0.1) is 0 Å². The highest BCUT2D eigenvalue weighted by Crippen LogP contribution is 2.23. The van der Waals surface area contributed by atoms with Crippen molar-refractivity contribution in [2.24, 2.45) is 0 Å². The van der Waals surface area contributed by atoms with E-state index in [0.29, 0.717) is 21.4 Å². The predicted octanol–water partition coefficient (Wildman–Crippen LogP) is 5.32. The summed E-state index contributed by atoms with van der Waals surface area (Å²) in [7, 11) is 0. The van der Waals surface area contributed by atoms with Crippen molar-refractivity contribution in [2.75, 3.05) is 6.61 Å². The summed E-state index contributed by atoms with van der Waals surface area (Å²) in [4.78, 5) is 27.3. The highest BCUT2D eigenvalue weighted by molar-refractivity contribution is 6.35. The Kier molecular flexibility index (Phi) is 9.20. The highest BCUT2D eigenvalue weighted by atomic mass is 35.5. The van der Waals surface area contributed by atoms with Gasteiger partial charge >= 0.3 is 0 Å². The van der Waals surface area contributed by atoms with Crippen molar-refractivity contribution in [1.29, 1.82) is 0 Å². The van der Waals surface area contributed by atoms with Crippen LogP contribution in [-0.2, 0) is 16.1 Å². The van der Waals surface area contributed by atoms with Crippen LogP contribution in [-0.4, -0.2) is 35.4 Å². The van der Waals surface area contributed by atoms with Crippen molar-refractivity contribution >= 4 is 35.0 Å². The Balaban J connectivity index is 2.21. The highest BCUT2D eigenvalue weighted by Gasteiger charge is 2.27. The summed E-state index contributed by atoms with van der Waals surface area (Å²) in [6, 6.07) is 10.1. The summed E-state index contributed by atoms with van der Waals surface area (Å²) >= 11 is 12.3. The molecule has 0 fully saturated rings. The molecule has 2 aromatic carbocycles. The van der Waals surface area contributed by atoms with Gasteiger partial charge in [-0.25, -0.2) is 0 Å². The van der Waals surface area contributed by atoms with Gasteiger partial charge in [-0.05, 0) is 75.1 Å². The maximum atomic E-state index is 13.1. The van der Waals surface area contributed by atoms with E-state index in [2.05, 4.69) is 5.32 Å². The van der Waals surface area contributed by atoms with Gasteiger partial charge in [0.25, 0.3) is 5.91 Å². The lowest BCUT2D eigenvalue weighted by molar-refractivity contribution is -0.142. The lowest BCUT2D eigenvalue weighted by Gasteiger charge is -2.30. The maximum absolute atomic E-state index is 13.1. The van der Waals surface area contributed by atoms with Crippen LogP contribution in [0.1, 0.15) is 43.9 Å². The molecule has 0 radical (unpaired) electrons. The third-order valence-corrected chi connectivity index (χ3v) is 5.95. The molecule has 2 rings (SSSR count). The normalized spacial score (nSPS) is 12.7. The summed E-state index contributed by atoms with van der Waals surface area (Å²) in [6.45, 7) is 9.60. The number of hydrogen-bond donors (Lipinski definition) is 1. The zero-order valence-corrected chi connectivity index (χ0v) is 20.2. The van der Waals surface area contributed by atoms with Crippen molar-refractivity contribution in [1.82, 2.24) is 10.2 Å². The Labute approximate surface area is 194 Å². The van der Waals surface area contributed by atoms with E-state index in [-0.39, 0.29) is 31.0 Å². The maximum Gasteiger partial charge on any atom is 0.261 e. The molecule has 7 heteroatoms. The fraction of sp³-hybridized carbons (Fsp3) is 0.417. The summed E-state index contributed by atoms with van der Waals surface area (Å²) in [6.07, 6.45) is 0.797. The Morgan fingerprint density at radius 2 is 1.77 bits per heavy atom. The minimum absolute atomic E-state index is 0.0119. The van der Waals surface area contributed by atoms with Crippen LogP contribution < -0.4 is 10.1 Å². The number of carbonyl (C=O) groups is 2. The SMILES string of the molecule is CC[C@@H](C)NC(=O)[C@H](C)N(Cc1ccc(Cl)cc1Cl)C(=O)COc1ccc(C)c(C)c1. The fourth-order valence-corrected chi connectivity index (χ4v) is 3.38. The molecule has 0 saturated heterocycles. The van der Waals surface area contributed by atoms with Crippen LogP contribution >= 0.6 is 23.2 Å². The molecule has 1 N–H and O–H groups in total. The minimum Gasteiger partial charge on any atom is -0.484 e. The van der Waals surface area contributed by atoms with Gasteiger partial charge in [-0.1, -0.05) is 42.3 Å². The van der Waals surface area contributed by atoms with Crippen LogP contribution in [0.3, 0.4) is 0 Å². The zero-order valence-electron chi connectivity index (χ0n) is 18.7. The standard InChI is InChI=1S/C24H30Cl2N2O3/c1-6-17(4)27-24(30)18(5)28(13-19-8-9-20(25)12-22(19)26)23(29)14-31-21-10-7-15(2)16(3)11-21/h7-12,17-18H,6,13-14H2,1-5H3,(H,27,30)/t17-,18+/m1/s1. The Morgan fingerprint density at radius 3 is 2.39 bits per heavy atom. The van der Waals surface area contributed by atoms with Crippen molar-refractivity contribution in [3.63, 3.8) is 0 Å². The van der Waals surface area contributed by atoms with Crippen LogP contribution in [0.15, 0.2) is 36.4 Å². The van der Waals surface area contributed by atoms with E-state index < -0.39 is 6.04 Å². The summed E-state index contributed by atoms with van der Waals surface area (Å²) in [5, 5.41) is 3.88. The number of rotatable bonds is 9. The number of nitrogens with one attached hydrogen (secondary N) is 1. The van der Waals surface area contributed by atoms with E-state index in [1.165, 1.54) is 4.90 Å². The molecule has 0 aromatic heterocycles. The first-order valence-electron chi connectivity index (χ1n) is 10.4. The molecule has 168 valence electrons. The molecule has 2 amide bonds. The fourth-order valence-electron chi connectivity index (χ4n) is 2.91. The lowest BCUT2D eigenvalue weighted by atomic mass is 10.1. The molecule has 5 nitrogen and oxygen atoms in total. The van der Waals surface area contributed by atoms with Gasteiger partial charge in [-0.15, -0.1) is 0 Å². The van der Waals surface area contributed by atoms with Crippen molar-refractivity contribution < 1.29 is 14.3 Å². The monoisotopic (exact) mass is 464 g/mol. The second kappa shape index (κ2) is 11.4. The number of benzene rings is 2. The van der Waals surface area contributed by atoms with E-state index in [0.717, 1.165) is 17.5 Å². The van der Waals surface area contributed by atoms with E-state index in [4.69, 9.17) is 27.9 Å². The minimum atomic E-state index is -0.698. The molecule has 0 aliphatic rings.